The van der Waals surface area contributed by atoms with Crippen LogP contribution in [0.2, 0.25) is 5.02 Å². The van der Waals surface area contributed by atoms with Crippen molar-refractivity contribution in [1.29, 1.82) is 0 Å². The van der Waals surface area contributed by atoms with Gasteiger partial charge in [-0.05, 0) is 25.5 Å². The van der Waals surface area contributed by atoms with Crippen molar-refractivity contribution in [1.82, 2.24) is 20.2 Å². The molecule has 8 nitrogen and oxygen atoms in total. The third-order valence-electron chi connectivity index (χ3n) is 4.01. The number of rotatable bonds is 5. The summed E-state index contributed by atoms with van der Waals surface area (Å²) in [4.78, 5) is 12.3. The van der Waals surface area contributed by atoms with Crippen LogP contribution in [-0.4, -0.2) is 52.0 Å². The number of amides is 1. The fraction of sp³-hybridized carbons (Fsp3) is 0.400. The first kappa shape index (κ1) is 19.0. The van der Waals surface area contributed by atoms with Crippen LogP contribution in [0.25, 0.3) is 11.4 Å². The molecule has 3 N–H and O–H groups in total. The van der Waals surface area contributed by atoms with Crippen molar-refractivity contribution in [3.05, 3.63) is 29.3 Å². The van der Waals surface area contributed by atoms with Crippen LogP contribution in [0.5, 0.6) is 0 Å². The zero-order chi connectivity index (χ0) is 18.9. The third kappa shape index (κ3) is 4.13. The molecule has 1 aliphatic heterocycles. The summed E-state index contributed by atoms with van der Waals surface area (Å²) in [5.74, 6) is 6.28. The normalized spacial score (nSPS) is 20.0. The second kappa shape index (κ2) is 7.45. The molecule has 11 heteroatoms. The first-order valence-corrected chi connectivity index (χ1v) is 11.0. The summed E-state index contributed by atoms with van der Waals surface area (Å²) in [6.45, 7) is 1.70. The van der Waals surface area contributed by atoms with E-state index in [1.807, 2.05) is 6.07 Å². The summed E-state index contributed by atoms with van der Waals surface area (Å²) in [6.07, 6.45) is 0.440. The van der Waals surface area contributed by atoms with Crippen molar-refractivity contribution in [3.63, 3.8) is 0 Å². The minimum absolute atomic E-state index is 0.0140. The number of nitrogen functional groups attached to an aromatic ring is 1. The lowest BCUT2D eigenvalue weighted by molar-refractivity contribution is -0.120. The Morgan fingerprint density at radius 2 is 2.15 bits per heavy atom. The molecule has 0 bridgehead atoms. The fourth-order valence-electron chi connectivity index (χ4n) is 2.62. The van der Waals surface area contributed by atoms with Crippen LogP contribution in [0.4, 0.5) is 0 Å². The topological polar surface area (TPSA) is 120 Å². The predicted octanol–water partition coefficient (Wildman–Crippen LogP) is 1.10. The van der Waals surface area contributed by atoms with Crippen molar-refractivity contribution in [2.24, 2.45) is 0 Å². The molecule has 3 rings (SSSR count). The predicted molar refractivity (Wildman–Crippen MR) is 101 cm³/mol. The van der Waals surface area contributed by atoms with Gasteiger partial charge in [0.15, 0.2) is 15.7 Å². The number of hydrogen-bond donors (Lipinski definition) is 2. The number of nitrogens with two attached hydrogens (primary N) is 1. The van der Waals surface area contributed by atoms with Gasteiger partial charge in [0.05, 0.1) is 21.8 Å². The Balaban J connectivity index is 1.67. The van der Waals surface area contributed by atoms with Gasteiger partial charge in [-0.3, -0.25) is 4.79 Å². The summed E-state index contributed by atoms with van der Waals surface area (Å²) in [5, 5.41) is 11.2. The number of carbonyl (C=O) groups is 1. The molecular weight excluding hydrogens is 398 g/mol. The van der Waals surface area contributed by atoms with Gasteiger partial charge in [-0.25, -0.2) is 13.1 Å². The van der Waals surface area contributed by atoms with Crippen LogP contribution in [-0.2, 0) is 14.6 Å². The highest BCUT2D eigenvalue weighted by atomic mass is 35.5. The lowest BCUT2D eigenvalue weighted by Gasteiger charge is -2.15. The lowest BCUT2D eigenvalue weighted by atomic mass is 10.2. The van der Waals surface area contributed by atoms with Gasteiger partial charge >= 0.3 is 0 Å². The molecule has 1 amide bonds. The minimum Gasteiger partial charge on any atom is -0.351 e. The molecule has 1 aliphatic rings. The smallest absolute Gasteiger partial charge is 0.233 e. The Morgan fingerprint density at radius 3 is 2.81 bits per heavy atom. The number of nitrogens with zero attached hydrogens (tertiary/aromatic N) is 3. The lowest BCUT2D eigenvalue weighted by Crippen LogP contribution is -2.40. The zero-order valence-electron chi connectivity index (χ0n) is 13.9. The monoisotopic (exact) mass is 415 g/mol. The van der Waals surface area contributed by atoms with Crippen molar-refractivity contribution in [3.8, 4) is 11.4 Å². The number of aromatic nitrogens is 3. The highest BCUT2D eigenvalue weighted by molar-refractivity contribution is 8.00. The van der Waals surface area contributed by atoms with Crippen LogP contribution in [0.15, 0.2) is 29.4 Å². The van der Waals surface area contributed by atoms with Gasteiger partial charge in [-0.2, -0.15) is 0 Å². The van der Waals surface area contributed by atoms with E-state index < -0.39 is 15.1 Å². The molecule has 1 aromatic heterocycles. The molecule has 1 saturated heterocycles. The van der Waals surface area contributed by atoms with Crippen molar-refractivity contribution >= 4 is 39.1 Å². The van der Waals surface area contributed by atoms with Gasteiger partial charge in [0.1, 0.15) is 0 Å². The first-order chi connectivity index (χ1) is 12.3. The summed E-state index contributed by atoms with van der Waals surface area (Å²) >= 11 is 7.30. The van der Waals surface area contributed by atoms with Gasteiger partial charge < -0.3 is 11.2 Å². The van der Waals surface area contributed by atoms with Gasteiger partial charge in [0.25, 0.3) is 0 Å². The summed E-state index contributed by atoms with van der Waals surface area (Å²) in [5.41, 5.74) is 0.643. The molecule has 0 aliphatic carbocycles. The zero-order valence-corrected chi connectivity index (χ0v) is 16.3. The van der Waals surface area contributed by atoms with Crippen LogP contribution < -0.4 is 11.2 Å². The SMILES string of the molecule is CC(Sc1nnc(-c2ccccc2Cl)n1N)C(=O)NC1CCS(=O)(=O)C1. The van der Waals surface area contributed by atoms with E-state index in [1.165, 1.54) is 4.68 Å². The maximum atomic E-state index is 12.3. The number of thioether (sulfide) groups is 1. The molecule has 2 aromatic rings. The molecule has 26 heavy (non-hydrogen) atoms. The first-order valence-electron chi connectivity index (χ1n) is 7.89. The number of sulfone groups is 1. The van der Waals surface area contributed by atoms with E-state index in [2.05, 4.69) is 15.5 Å². The Bertz CT molecular complexity index is 931. The van der Waals surface area contributed by atoms with Gasteiger partial charge in [0.2, 0.25) is 11.1 Å². The van der Waals surface area contributed by atoms with E-state index >= 15 is 0 Å². The van der Waals surface area contributed by atoms with Crippen LogP contribution in [0.3, 0.4) is 0 Å². The number of hydrogen-bond acceptors (Lipinski definition) is 7. The number of nitrogens with one attached hydrogen (secondary N) is 1. The Labute approximate surface area is 160 Å². The third-order valence-corrected chi connectivity index (χ3v) is 7.16. The molecule has 1 fully saturated rings. The van der Waals surface area contributed by atoms with E-state index in [4.69, 9.17) is 17.4 Å². The largest absolute Gasteiger partial charge is 0.351 e. The molecule has 2 heterocycles. The molecule has 2 unspecified atom stereocenters. The average molecular weight is 416 g/mol. The summed E-state index contributed by atoms with van der Waals surface area (Å²) in [6, 6.07) is 6.78. The average Bonchev–Trinajstić information content (AvgIpc) is 3.10. The van der Waals surface area contributed by atoms with E-state index in [0.717, 1.165) is 11.8 Å². The van der Waals surface area contributed by atoms with E-state index in [9.17, 15) is 13.2 Å². The van der Waals surface area contributed by atoms with Crippen LogP contribution in [0, 0.1) is 0 Å². The maximum absolute atomic E-state index is 12.3. The summed E-state index contributed by atoms with van der Waals surface area (Å²) < 4.78 is 24.3. The molecule has 0 spiro atoms. The Hall–Kier alpha value is -1.78. The second-order valence-electron chi connectivity index (χ2n) is 6.02. The molecule has 1 aromatic carbocycles. The number of halogens is 1. The fourth-order valence-corrected chi connectivity index (χ4v) is 5.30. The number of carbonyl (C=O) groups excluding carboxylic acids is 1. The summed E-state index contributed by atoms with van der Waals surface area (Å²) in [7, 11) is -3.04. The van der Waals surface area contributed by atoms with Crippen molar-refractivity contribution < 1.29 is 13.2 Å². The van der Waals surface area contributed by atoms with Gasteiger partial charge in [-0.1, -0.05) is 35.5 Å². The molecule has 2 atom stereocenters. The van der Waals surface area contributed by atoms with E-state index in [1.54, 1.807) is 25.1 Å². The molecule has 140 valence electrons. The van der Waals surface area contributed by atoms with Crippen LogP contribution >= 0.6 is 23.4 Å². The Morgan fingerprint density at radius 1 is 1.42 bits per heavy atom. The quantitative estimate of drug-likeness (QED) is 0.554. The molecule has 0 radical (unpaired) electrons. The van der Waals surface area contributed by atoms with Crippen molar-refractivity contribution in [2.75, 3.05) is 17.3 Å². The minimum atomic E-state index is -3.04. The Kier molecular flexibility index (Phi) is 5.44. The highest BCUT2D eigenvalue weighted by Gasteiger charge is 2.30. The highest BCUT2D eigenvalue weighted by Crippen LogP contribution is 2.29. The van der Waals surface area contributed by atoms with Crippen molar-refractivity contribution in [2.45, 2.75) is 29.8 Å². The van der Waals surface area contributed by atoms with Gasteiger partial charge in [-0.15, -0.1) is 10.2 Å². The molecular formula is C15H18ClN5O3S2. The maximum Gasteiger partial charge on any atom is 0.233 e. The van der Waals surface area contributed by atoms with E-state index in [-0.39, 0.29) is 23.5 Å². The second-order valence-corrected chi connectivity index (χ2v) is 9.97. The standard InChI is InChI=1S/C15H18ClN5O3S2/c1-9(14(22)18-10-6-7-26(23,24)8-10)25-15-20-19-13(21(15)17)11-4-2-3-5-12(11)16/h2-5,9-10H,6-8,17H2,1H3,(H,18,22). The molecule has 0 saturated carbocycles. The van der Waals surface area contributed by atoms with Crippen LogP contribution in [0.1, 0.15) is 13.3 Å². The number of benzene rings is 1. The van der Waals surface area contributed by atoms with Gasteiger partial charge in [0, 0.05) is 11.6 Å². The van der Waals surface area contributed by atoms with E-state index in [0.29, 0.717) is 28.0 Å².